The van der Waals surface area contributed by atoms with E-state index in [1.165, 1.54) is 6.33 Å². The molecule has 0 atom stereocenters. The third-order valence-corrected chi connectivity index (χ3v) is 3.63. The van der Waals surface area contributed by atoms with Crippen molar-refractivity contribution in [3.8, 4) is 0 Å². The van der Waals surface area contributed by atoms with Crippen LogP contribution in [0.3, 0.4) is 0 Å². The number of ether oxygens (including phenoxy) is 2. The second kappa shape index (κ2) is 4.98. The van der Waals surface area contributed by atoms with Gasteiger partial charge in [0.15, 0.2) is 5.76 Å². The minimum absolute atomic E-state index is 0.437. The number of furan rings is 1. The molecular weight excluding hydrogens is 270 g/mol. The van der Waals surface area contributed by atoms with Gasteiger partial charge < -0.3 is 13.9 Å². The lowest BCUT2D eigenvalue weighted by molar-refractivity contribution is -0.284. The summed E-state index contributed by atoms with van der Waals surface area (Å²) < 4.78 is 17.8. The van der Waals surface area contributed by atoms with E-state index in [1.807, 2.05) is 30.3 Å². The van der Waals surface area contributed by atoms with Gasteiger partial charge in [-0.05, 0) is 18.6 Å². The van der Waals surface area contributed by atoms with Crippen molar-refractivity contribution in [3.63, 3.8) is 0 Å². The summed E-state index contributed by atoms with van der Waals surface area (Å²) in [4.78, 5) is 4.17. The average molecular weight is 285 g/mol. The monoisotopic (exact) mass is 285 g/mol. The van der Waals surface area contributed by atoms with E-state index in [2.05, 4.69) is 15.2 Å². The molecule has 3 aromatic rings. The van der Waals surface area contributed by atoms with Gasteiger partial charge >= 0.3 is 0 Å². The standard InChI is InChI=1S/C15H15N3O3/c1-2-5-12-11(4-1)8-13(21-12)15(19-6-3-7-20-15)9-14-16-10-17-18-14/h1-2,4-5,8,10H,3,6-7,9H2,(H,16,17,18). The van der Waals surface area contributed by atoms with Gasteiger partial charge in [0.2, 0.25) is 5.79 Å². The highest BCUT2D eigenvalue weighted by atomic mass is 16.7. The second-order valence-electron chi connectivity index (χ2n) is 5.06. The maximum Gasteiger partial charge on any atom is 0.235 e. The summed E-state index contributed by atoms with van der Waals surface area (Å²) in [6.07, 6.45) is 2.79. The van der Waals surface area contributed by atoms with Crippen molar-refractivity contribution in [3.05, 3.63) is 48.2 Å². The Balaban J connectivity index is 1.77. The maximum atomic E-state index is 5.95. The molecule has 0 unspecified atom stereocenters. The van der Waals surface area contributed by atoms with Crippen LogP contribution >= 0.6 is 0 Å². The zero-order valence-electron chi connectivity index (χ0n) is 11.4. The molecule has 0 amide bonds. The zero-order chi connectivity index (χ0) is 14.1. The van der Waals surface area contributed by atoms with Crippen molar-refractivity contribution < 1.29 is 13.9 Å². The van der Waals surface area contributed by atoms with Crippen LogP contribution in [0.1, 0.15) is 18.0 Å². The normalized spacial score (nSPS) is 18.1. The Morgan fingerprint density at radius 1 is 1.19 bits per heavy atom. The Kier molecular flexibility index (Phi) is 2.98. The van der Waals surface area contributed by atoms with Gasteiger partial charge in [0.25, 0.3) is 0 Å². The predicted octanol–water partition coefficient (Wildman–Crippen LogP) is 2.38. The van der Waals surface area contributed by atoms with Crippen molar-refractivity contribution in [2.75, 3.05) is 13.2 Å². The third-order valence-electron chi connectivity index (χ3n) is 3.63. The summed E-state index contributed by atoms with van der Waals surface area (Å²) >= 11 is 0. The summed E-state index contributed by atoms with van der Waals surface area (Å²) in [5, 5.41) is 7.76. The van der Waals surface area contributed by atoms with E-state index in [0.29, 0.717) is 31.2 Å². The fraction of sp³-hybridized carbons (Fsp3) is 0.333. The number of nitrogens with zero attached hydrogens (tertiary/aromatic N) is 2. The lowest BCUT2D eigenvalue weighted by Crippen LogP contribution is -2.40. The first-order valence-electron chi connectivity index (χ1n) is 6.97. The predicted molar refractivity (Wildman–Crippen MR) is 74.5 cm³/mol. The van der Waals surface area contributed by atoms with Gasteiger partial charge in [0.1, 0.15) is 17.7 Å². The molecule has 1 saturated heterocycles. The molecule has 108 valence electrons. The van der Waals surface area contributed by atoms with Gasteiger partial charge in [0.05, 0.1) is 19.6 Å². The van der Waals surface area contributed by atoms with E-state index in [9.17, 15) is 0 Å². The summed E-state index contributed by atoms with van der Waals surface area (Å²) in [7, 11) is 0. The molecule has 6 heteroatoms. The van der Waals surface area contributed by atoms with E-state index in [4.69, 9.17) is 13.9 Å². The van der Waals surface area contributed by atoms with Crippen LogP contribution in [-0.4, -0.2) is 28.4 Å². The Labute approximate surface area is 121 Å². The quantitative estimate of drug-likeness (QED) is 0.799. The van der Waals surface area contributed by atoms with E-state index in [1.54, 1.807) is 0 Å². The van der Waals surface area contributed by atoms with Crippen molar-refractivity contribution in [2.24, 2.45) is 0 Å². The summed E-state index contributed by atoms with van der Waals surface area (Å²) in [6.45, 7) is 1.26. The minimum atomic E-state index is -0.934. The van der Waals surface area contributed by atoms with Crippen LogP contribution in [-0.2, 0) is 21.7 Å². The van der Waals surface area contributed by atoms with Crippen molar-refractivity contribution in [1.82, 2.24) is 15.2 Å². The van der Waals surface area contributed by atoms with Crippen LogP contribution in [0, 0.1) is 0 Å². The molecule has 4 rings (SSSR count). The van der Waals surface area contributed by atoms with Gasteiger partial charge in [-0.25, -0.2) is 4.98 Å². The number of aromatic nitrogens is 3. The fourth-order valence-electron chi connectivity index (χ4n) is 2.61. The first kappa shape index (κ1) is 12.6. The summed E-state index contributed by atoms with van der Waals surface area (Å²) in [5.41, 5.74) is 0.821. The number of hydrogen-bond acceptors (Lipinski definition) is 5. The van der Waals surface area contributed by atoms with E-state index in [0.717, 1.165) is 17.4 Å². The van der Waals surface area contributed by atoms with E-state index >= 15 is 0 Å². The van der Waals surface area contributed by atoms with Crippen molar-refractivity contribution in [1.29, 1.82) is 0 Å². The molecule has 0 spiro atoms. The molecule has 21 heavy (non-hydrogen) atoms. The highest BCUT2D eigenvalue weighted by Gasteiger charge is 2.41. The zero-order valence-corrected chi connectivity index (χ0v) is 11.4. The van der Waals surface area contributed by atoms with Crippen molar-refractivity contribution >= 4 is 11.0 Å². The van der Waals surface area contributed by atoms with Crippen LogP contribution in [0.15, 0.2) is 41.1 Å². The number of H-pyrrole nitrogens is 1. The number of hydrogen-bond donors (Lipinski definition) is 1. The largest absolute Gasteiger partial charge is 0.455 e. The molecule has 1 aliphatic rings. The van der Waals surface area contributed by atoms with Crippen LogP contribution in [0.4, 0.5) is 0 Å². The number of benzene rings is 1. The molecule has 1 aliphatic heterocycles. The molecular formula is C15H15N3O3. The van der Waals surface area contributed by atoms with Crippen LogP contribution in [0.2, 0.25) is 0 Å². The Hall–Kier alpha value is -2.18. The van der Waals surface area contributed by atoms with Gasteiger partial charge in [0, 0.05) is 5.39 Å². The molecule has 1 N–H and O–H groups in total. The SMILES string of the molecule is c1ccc2oc(C3(Cc4ncn[nH]4)OCCCO3)cc2c1. The molecule has 6 nitrogen and oxygen atoms in total. The highest BCUT2D eigenvalue weighted by Crippen LogP contribution is 2.36. The molecule has 2 aromatic heterocycles. The smallest absolute Gasteiger partial charge is 0.235 e. The Morgan fingerprint density at radius 3 is 2.81 bits per heavy atom. The lowest BCUT2D eigenvalue weighted by atomic mass is 10.1. The minimum Gasteiger partial charge on any atom is -0.455 e. The summed E-state index contributed by atoms with van der Waals surface area (Å²) in [6, 6.07) is 9.84. The first-order valence-corrected chi connectivity index (χ1v) is 6.97. The Morgan fingerprint density at radius 2 is 2.05 bits per heavy atom. The molecule has 0 saturated carbocycles. The number of rotatable bonds is 3. The summed E-state index contributed by atoms with van der Waals surface area (Å²) in [5.74, 6) is 0.439. The van der Waals surface area contributed by atoms with E-state index < -0.39 is 5.79 Å². The second-order valence-corrected chi connectivity index (χ2v) is 5.06. The lowest BCUT2D eigenvalue weighted by Gasteiger charge is -2.34. The van der Waals surface area contributed by atoms with Crippen molar-refractivity contribution in [2.45, 2.75) is 18.6 Å². The molecule has 0 bridgehead atoms. The number of para-hydroxylation sites is 1. The average Bonchev–Trinajstić information content (AvgIpc) is 3.17. The molecule has 1 aromatic carbocycles. The number of nitrogens with one attached hydrogen (secondary N) is 1. The maximum absolute atomic E-state index is 5.95. The van der Waals surface area contributed by atoms with Crippen LogP contribution in [0.5, 0.6) is 0 Å². The van der Waals surface area contributed by atoms with E-state index in [-0.39, 0.29) is 0 Å². The topological polar surface area (TPSA) is 73.2 Å². The Bertz CT molecular complexity index is 697. The van der Waals surface area contributed by atoms with Gasteiger partial charge in [-0.1, -0.05) is 18.2 Å². The first-order chi connectivity index (χ1) is 10.4. The van der Waals surface area contributed by atoms with Gasteiger partial charge in [-0.3, -0.25) is 5.10 Å². The molecule has 0 radical (unpaired) electrons. The van der Waals surface area contributed by atoms with Gasteiger partial charge in [-0.15, -0.1) is 0 Å². The van der Waals surface area contributed by atoms with Crippen LogP contribution in [0.25, 0.3) is 11.0 Å². The highest BCUT2D eigenvalue weighted by molar-refractivity contribution is 5.77. The molecule has 3 heterocycles. The fourth-order valence-corrected chi connectivity index (χ4v) is 2.61. The molecule has 0 aliphatic carbocycles. The number of fused-ring (bicyclic) bond motifs is 1. The number of aromatic amines is 1. The van der Waals surface area contributed by atoms with Crippen LogP contribution < -0.4 is 0 Å². The third kappa shape index (κ3) is 2.22. The molecule has 1 fully saturated rings. The van der Waals surface area contributed by atoms with Gasteiger partial charge in [-0.2, -0.15) is 5.10 Å².